The summed E-state index contributed by atoms with van der Waals surface area (Å²) in [5, 5.41) is 3.22. The molecule has 1 aromatic heterocycles. The molecule has 0 saturated heterocycles. The van der Waals surface area contributed by atoms with Gasteiger partial charge in [0.2, 0.25) is 0 Å². The van der Waals surface area contributed by atoms with E-state index in [1.165, 1.54) is 12.5 Å². The van der Waals surface area contributed by atoms with Crippen molar-refractivity contribution in [3.63, 3.8) is 0 Å². The third-order valence-corrected chi connectivity index (χ3v) is 2.30. The number of anilines is 1. The van der Waals surface area contributed by atoms with Crippen LogP contribution >= 0.6 is 0 Å². The Morgan fingerprint density at radius 1 is 1.69 bits per heavy atom. The summed E-state index contributed by atoms with van der Waals surface area (Å²) in [5.41, 5.74) is -0.0942. The second-order valence-corrected chi connectivity index (χ2v) is 3.68. The topological polar surface area (TPSA) is 57.8 Å². The number of hydrogen-bond acceptors (Lipinski definition) is 3. The van der Waals surface area contributed by atoms with Gasteiger partial charge in [-0.15, -0.1) is 0 Å². The Balaban J connectivity index is 2.16. The van der Waals surface area contributed by atoms with Gasteiger partial charge >= 0.3 is 0 Å². The molecule has 0 spiro atoms. The molecule has 0 aromatic carbocycles. The number of nitrogens with one attached hydrogen (secondary N) is 2. The Labute approximate surface area is 76.4 Å². The number of aryl methyl sites for hydroxylation is 1. The number of H-pyrrole nitrogens is 1. The molecule has 2 atom stereocenters. The highest BCUT2D eigenvalue weighted by Gasteiger charge is 2.32. The van der Waals surface area contributed by atoms with Gasteiger partial charge in [0.15, 0.2) is 0 Å². The zero-order chi connectivity index (χ0) is 9.42. The Morgan fingerprint density at radius 3 is 2.92 bits per heavy atom. The Morgan fingerprint density at radius 2 is 2.38 bits per heavy atom. The zero-order valence-electron chi connectivity index (χ0n) is 7.79. The van der Waals surface area contributed by atoms with Crippen LogP contribution in [0.25, 0.3) is 0 Å². The molecule has 1 aliphatic rings. The quantitative estimate of drug-likeness (QED) is 0.709. The largest absolute Gasteiger partial charge is 0.367 e. The molecule has 0 radical (unpaired) electrons. The first-order chi connectivity index (χ1) is 6.15. The van der Waals surface area contributed by atoms with Crippen LogP contribution in [0.2, 0.25) is 0 Å². The molecule has 1 heterocycles. The van der Waals surface area contributed by atoms with Crippen LogP contribution in [0, 0.1) is 12.8 Å². The molecule has 1 fully saturated rings. The van der Waals surface area contributed by atoms with Gasteiger partial charge in [-0.3, -0.25) is 4.79 Å². The maximum atomic E-state index is 11.1. The Kier molecular flexibility index (Phi) is 1.83. The molecular formula is C9H13N3O. The molecule has 2 N–H and O–H groups in total. The van der Waals surface area contributed by atoms with Gasteiger partial charge in [-0.25, -0.2) is 4.98 Å². The molecule has 1 aliphatic carbocycles. The highest BCUT2D eigenvalue weighted by Crippen LogP contribution is 2.31. The number of hydrogen-bond donors (Lipinski definition) is 2. The van der Waals surface area contributed by atoms with E-state index in [0.29, 0.717) is 23.6 Å². The van der Waals surface area contributed by atoms with Crippen molar-refractivity contribution in [2.75, 3.05) is 5.32 Å². The first-order valence-electron chi connectivity index (χ1n) is 4.49. The van der Waals surface area contributed by atoms with Crippen molar-refractivity contribution in [2.45, 2.75) is 26.3 Å². The highest BCUT2D eigenvalue weighted by atomic mass is 16.1. The highest BCUT2D eigenvalue weighted by molar-refractivity contribution is 5.36. The number of aromatic amines is 1. The van der Waals surface area contributed by atoms with Gasteiger partial charge < -0.3 is 10.3 Å². The fourth-order valence-electron chi connectivity index (χ4n) is 1.37. The van der Waals surface area contributed by atoms with Crippen molar-refractivity contribution in [2.24, 2.45) is 5.92 Å². The van der Waals surface area contributed by atoms with Gasteiger partial charge in [0.25, 0.3) is 5.56 Å². The van der Waals surface area contributed by atoms with E-state index >= 15 is 0 Å². The molecule has 70 valence electrons. The summed E-state index contributed by atoms with van der Waals surface area (Å²) in [6, 6.07) is 2.01. The molecule has 13 heavy (non-hydrogen) atoms. The molecule has 1 saturated carbocycles. The first-order valence-corrected chi connectivity index (χ1v) is 4.49. The van der Waals surface area contributed by atoms with Crippen LogP contribution in [-0.4, -0.2) is 16.0 Å². The number of nitrogens with zero attached hydrogens (tertiary/aromatic N) is 1. The second kappa shape index (κ2) is 2.87. The molecule has 2 unspecified atom stereocenters. The van der Waals surface area contributed by atoms with Crippen molar-refractivity contribution >= 4 is 5.82 Å². The van der Waals surface area contributed by atoms with Crippen LogP contribution in [0.3, 0.4) is 0 Å². The summed E-state index contributed by atoms with van der Waals surface area (Å²) in [5.74, 6) is 2.06. The third kappa shape index (κ3) is 1.88. The molecule has 0 bridgehead atoms. The van der Waals surface area contributed by atoms with E-state index in [9.17, 15) is 4.79 Å². The van der Waals surface area contributed by atoms with E-state index in [1.54, 1.807) is 6.92 Å². The SMILES string of the molecule is Cc1nc(NC2CC2C)cc(=O)[nH]1. The molecule has 0 aliphatic heterocycles. The first kappa shape index (κ1) is 8.29. The maximum absolute atomic E-state index is 11.1. The maximum Gasteiger partial charge on any atom is 0.252 e. The van der Waals surface area contributed by atoms with Gasteiger partial charge in [0, 0.05) is 12.1 Å². The predicted molar refractivity (Wildman–Crippen MR) is 50.8 cm³/mol. The van der Waals surface area contributed by atoms with E-state index in [-0.39, 0.29) is 5.56 Å². The van der Waals surface area contributed by atoms with Crippen molar-refractivity contribution in [1.29, 1.82) is 0 Å². The van der Waals surface area contributed by atoms with Gasteiger partial charge in [-0.2, -0.15) is 0 Å². The third-order valence-electron chi connectivity index (χ3n) is 2.30. The monoisotopic (exact) mass is 179 g/mol. The lowest BCUT2D eigenvalue weighted by atomic mass is 10.4. The van der Waals surface area contributed by atoms with Gasteiger partial charge in [-0.05, 0) is 19.3 Å². The molecule has 0 amide bonds. The lowest BCUT2D eigenvalue weighted by Crippen LogP contribution is -2.13. The van der Waals surface area contributed by atoms with E-state index in [4.69, 9.17) is 0 Å². The van der Waals surface area contributed by atoms with Crippen LogP contribution < -0.4 is 10.9 Å². The van der Waals surface area contributed by atoms with Gasteiger partial charge in [0.05, 0.1) is 0 Å². The predicted octanol–water partition coefficient (Wildman–Crippen LogP) is 0.899. The minimum Gasteiger partial charge on any atom is -0.367 e. The van der Waals surface area contributed by atoms with Crippen molar-refractivity contribution in [1.82, 2.24) is 9.97 Å². The normalized spacial score (nSPS) is 25.7. The van der Waals surface area contributed by atoms with Crippen LogP contribution in [0.4, 0.5) is 5.82 Å². The van der Waals surface area contributed by atoms with E-state index in [0.717, 1.165) is 0 Å². The fraction of sp³-hybridized carbons (Fsp3) is 0.556. The van der Waals surface area contributed by atoms with Gasteiger partial charge in [-0.1, -0.05) is 6.92 Å². The summed E-state index contributed by atoms with van der Waals surface area (Å²) in [7, 11) is 0. The van der Waals surface area contributed by atoms with Gasteiger partial charge in [0.1, 0.15) is 11.6 Å². The number of rotatable bonds is 2. The zero-order valence-corrected chi connectivity index (χ0v) is 7.79. The minimum atomic E-state index is -0.0942. The standard InChI is InChI=1S/C9H13N3O/c1-5-3-7(5)12-8-4-9(13)11-6(2)10-8/h4-5,7H,3H2,1-2H3,(H2,10,11,12,13). The molecule has 4 nitrogen and oxygen atoms in total. The van der Waals surface area contributed by atoms with Crippen LogP contribution in [0.15, 0.2) is 10.9 Å². The summed E-state index contributed by atoms with van der Waals surface area (Å²) < 4.78 is 0. The second-order valence-electron chi connectivity index (χ2n) is 3.68. The summed E-state index contributed by atoms with van der Waals surface area (Å²) >= 11 is 0. The molecular weight excluding hydrogens is 166 g/mol. The Bertz CT molecular complexity index is 371. The number of aromatic nitrogens is 2. The average molecular weight is 179 g/mol. The van der Waals surface area contributed by atoms with E-state index in [1.807, 2.05) is 0 Å². The Hall–Kier alpha value is -1.32. The molecule has 2 rings (SSSR count). The van der Waals surface area contributed by atoms with Crippen molar-refractivity contribution in [3.05, 3.63) is 22.2 Å². The molecule has 4 heteroatoms. The van der Waals surface area contributed by atoms with Crippen LogP contribution in [-0.2, 0) is 0 Å². The smallest absolute Gasteiger partial charge is 0.252 e. The average Bonchev–Trinajstić information content (AvgIpc) is 2.63. The molecule has 1 aromatic rings. The summed E-state index contributed by atoms with van der Waals surface area (Å²) in [6.07, 6.45) is 1.17. The summed E-state index contributed by atoms with van der Waals surface area (Å²) in [4.78, 5) is 17.8. The fourth-order valence-corrected chi connectivity index (χ4v) is 1.37. The van der Waals surface area contributed by atoms with Crippen LogP contribution in [0.1, 0.15) is 19.2 Å². The lowest BCUT2D eigenvalue weighted by molar-refractivity contribution is 0.914. The lowest BCUT2D eigenvalue weighted by Gasteiger charge is -2.03. The van der Waals surface area contributed by atoms with Crippen molar-refractivity contribution in [3.8, 4) is 0 Å². The summed E-state index contributed by atoms with van der Waals surface area (Å²) in [6.45, 7) is 3.96. The van der Waals surface area contributed by atoms with E-state index < -0.39 is 0 Å². The minimum absolute atomic E-state index is 0.0942. The van der Waals surface area contributed by atoms with Crippen LogP contribution in [0.5, 0.6) is 0 Å². The van der Waals surface area contributed by atoms with Crippen molar-refractivity contribution < 1.29 is 0 Å². The van der Waals surface area contributed by atoms with E-state index in [2.05, 4.69) is 22.2 Å².